The maximum atomic E-state index is 11.1. The lowest BCUT2D eigenvalue weighted by atomic mass is 10.1. The van der Waals surface area contributed by atoms with E-state index in [0.717, 1.165) is 35.2 Å². The molecule has 0 atom stereocenters. The Labute approximate surface area is 176 Å². The molecule has 4 N–H and O–H groups in total. The van der Waals surface area contributed by atoms with Gasteiger partial charge in [-0.1, -0.05) is 13.8 Å². The van der Waals surface area contributed by atoms with E-state index in [0.29, 0.717) is 11.5 Å². The van der Waals surface area contributed by atoms with Crippen LogP contribution < -0.4 is 15.8 Å². The number of ether oxygens (including phenoxy) is 1. The zero-order valence-corrected chi connectivity index (χ0v) is 17.5. The van der Waals surface area contributed by atoms with Crippen molar-refractivity contribution in [1.82, 2.24) is 5.32 Å². The number of carbonyl (C=O) groups is 2. The van der Waals surface area contributed by atoms with Crippen molar-refractivity contribution in [3.8, 4) is 16.2 Å². The second-order valence-corrected chi connectivity index (χ2v) is 7.72. The van der Waals surface area contributed by atoms with Crippen molar-refractivity contribution in [3.63, 3.8) is 0 Å². The summed E-state index contributed by atoms with van der Waals surface area (Å²) >= 11 is 1.40. The van der Waals surface area contributed by atoms with E-state index in [2.05, 4.69) is 19.2 Å². The first-order chi connectivity index (χ1) is 14.0. The van der Waals surface area contributed by atoms with Gasteiger partial charge in [0.2, 0.25) is 0 Å². The molecule has 1 aromatic heterocycles. The van der Waals surface area contributed by atoms with Gasteiger partial charge < -0.3 is 20.9 Å². The molecule has 2 aromatic rings. The number of carboxylic acids is 1. The van der Waals surface area contributed by atoms with Crippen molar-refractivity contribution >= 4 is 23.2 Å². The Morgan fingerprint density at radius 2 is 1.73 bits per heavy atom. The number of carboxylic acid groups (broad SMARTS) is 1. The van der Waals surface area contributed by atoms with Crippen molar-refractivity contribution in [1.29, 1.82) is 0 Å². The van der Waals surface area contributed by atoms with E-state index in [1.54, 1.807) is 6.07 Å². The molecule has 30 heavy (non-hydrogen) atoms. The third-order valence-corrected chi connectivity index (χ3v) is 4.83. The van der Waals surface area contributed by atoms with Crippen molar-refractivity contribution in [2.24, 2.45) is 11.7 Å². The van der Waals surface area contributed by atoms with E-state index >= 15 is 0 Å². The molecule has 6 nitrogen and oxygen atoms in total. The molecule has 0 aliphatic heterocycles. The van der Waals surface area contributed by atoms with Gasteiger partial charge in [0.05, 0.1) is 4.88 Å². The molecule has 0 fully saturated rings. The molecule has 10 heteroatoms. The number of primary amides is 1. The fraction of sp³-hybridized carbons (Fsp3) is 0.400. The summed E-state index contributed by atoms with van der Waals surface area (Å²) in [4.78, 5) is 21.6. The van der Waals surface area contributed by atoms with Crippen LogP contribution in [0.5, 0.6) is 5.75 Å². The summed E-state index contributed by atoms with van der Waals surface area (Å²) in [5.41, 5.74) is 6.34. The number of halogens is 3. The smallest absolute Gasteiger partial charge is 0.490 e. The molecule has 2 rings (SSSR count). The number of thiophene rings is 1. The van der Waals surface area contributed by atoms with Gasteiger partial charge in [0.25, 0.3) is 5.91 Å². The van der Waals surface area contributed by atoms with Gasteiger partial charge in [0.15, 0.2) is 0 Å². The highest BCUT2D eigenvalue weighted by molar-refractivity contribution is 7.17. The number of nitrogens with one attached hydrogen (secondary N) is 1. The number of benzene rings is 1. The molecule has 0 radical (unpaired) electrons. The first-order valence-electron chi connectivity index (χ1n) is 9.14. The second kappa shape index (κ2) is 12.2. The highest BCUT2D eigenvalue weighted by atomic mass is 32.1. The Morgan fingerprint density at radius 3 is 2.20 bits per heavy atom. The number of nitrogens with two attached hydrogens (primary N) is 1. The lowest BCUT2D eigenvalue weighted by Crippen LogP contribution is -2.22. The molecule has 0 unspecified atom stereocenters. The van der Waals surface area contributed by atoms with Crippen molar-refractivity contribution in [2.75, 3.05) is 19.7 Å². The zero-order chi connectivity index (χ0) is 22.7. The van der Waals surface area contributed by atoms with Crippen molar-refractivity contribution < 1.29 is 32.6 Å². The number of rotatable bonds is 9. The molecule has 0 spiro atoms. The number of alkyl halides is 3. The van der Waals surface area contributed by atoms with E-state index in [1.165, 1.54) is 17.8 Å². The van der Waals surface area contributed by atoms with Crippen molar-refractivity contribution in [3.05, 3.63) is 41.3 Å². The molecule has 1 aromatic carbocycles. The van der Waals surface area contributed by atoms with Crippen LogP contribution in [0, 0.1) is 5.92 Å². The Hall–Kier alpha value is -2.59. The van der Waals surface area contributed by atoms with Crippen LogP contribution >= 0.6 is 11.3 Å². The summed E-state index contributed by atoms with van der Waals surface area (Å²) in [6.07, 6.45) is -3.90. The van der Waals surface area contributed by atoms with E-state index < -0.39 is 12.1 Å². The van der Waals surface area contributed by atoms with E-state index in [1.807, 2.05) is 30.3 Å². The quantitative estimate of drug-likeness (QED) is 0.502. The van der Waals surface area contributed by atoms with E-state index in [4.69, 9.17) is 20.4 Å². The summed E-state index contributed by atoms with van der Waals surface area (Å²) in [5.74, 6) is -1.56. The second-order valence-electron chi connectivity index (χ2n) is 6.64. The summed E-state index contributed by atoms with van der Waals surface area (Å²) in [6.45, 7) is 6.98. The standard InChI is InChI=1S/C18H24N2O2S.C2HF3O2/c1-13(2)9-10-20-11-12-22-15-5-3-14(4-6-15)16-7-8-17(23-16)18(19)21;3-2(4,5)1(6)7/h3-8,13,20H,9-12H2,1-2H3,(H2,19,21);(H,6,7). The van der Waals surface area contributed by atoms with Crippen LogP contribution in [0.4, 0.5) is 13.2 Å². The Morgan fingerprint density at radius 1 is 1.13 bits per heavy atom. The maximum absolute atomic E-state index is 11.1. The molecule has 0 aliphatic rings. The molecule has 0 saturated heterocycles. The fourth-order valence-corrected chi connectivity index (χ4v) is 2.96. The molecule has 0 aliphatic carbocycles. The van der Waals surface area contributed by atoms with Crippen LogP contribution in [-0.4, -0.2) is 42.9 Å². The summed E-state index contributed by atoms with van der Waals surface area (Å²) in [5, 5.41) is 10.5. The van der Waals surface area contributed by atoms with Crippen molar-refractivity contribution in [2.45, 2.75) is 26.4 Å². The fourth-order valence-electron chi connectivity index (χ4n) is 2.10. The van der Waals surface area contributed by atoms with Gasteiger partial charge in [-0.25, -0.2) is 4.79 Å². The lowest BCUT2D eigenvalue weighted by Gasteiger charge is -2.09. The monoisotopic (exact) mass is 446 g/mol. The number of aliphatic carboxylic acids is 1. The SMILES string of the molecule is CC(C)CCNCCOc1ccc(-c2ccc(C(N)=O)s2)cc1.O=C(O)C(F)(F)F. The minimum atomic E-state index is -5.08. The van der Waals surface area contributed by atoms with Gasteiger partial charge in [-0.3, -0.25) is 4.79 Å². The van der Waals surface area contributed by atoms with Gasteiger partial charge in [-0.15, -0.1) is 11.3 Å². The highest BCUT2D eigenvalue weighted by Crippen LogP contribution is 2.29. The average Bonchev–Trinajstić information content (AvgIpc) is 3.15. The molecule has 1 amide bonds. The largest absolute Gasteiger partial charge is 0.492 e. The van der Waals surface area contributed by atoms with Crippen LogP contribution in [-0.2, 0) is 4.79 Å². The number of carbonyl (C=O) groups excluding carboxylic acids is 1. The number of hydrogen-bond donors (Lipinski definition) is 3. The topological polar surface area (TPSA) is 102 Å². The van der Waals surface area contributed by atoms with Gasteiger partial charge in [-0.2, -0.15) is 13.2 Å². The van der Waals surface area contributed by atoms with E-state index in [9.17, 15) is 18.0 Å². The van der Waals surface area contributed by atoms with Gasteiger partial charge >= 0.3 is 12.1 Å². The predicted octanol–water partition coefficient (Wildman–Crippen LogP) is 4.16. The van der Waals surface area contributed by atoms with Gasteiger partial charge in [0, 0.05) is 11.4 Å². The first kappa shape index (κ1) is 25.4. The number of amides is 1. The Bertz CT molecular complexity index is 805. The summed E-state index contributed by atoms with van der Waals surface area (Å²) < 4.78 is 37.5. The van der Waals surface area contributed by atoms with Crippen LogP contribution in [0.2, 0.25) is 0 Å². The number of hydrogen-bond acceptors (Lipinski definition) is 5. The molecule has 1 heterocycles. The minimum Gasteiger partial charge on any atom is -0.492 e. The predicted molar refractivity (Wildman–Crippen MR) is 110 cm³/mol. The normalized spacial score (nSPS) is 11.0. The Balaban J connectivity index is 0.000000553. The minimum absolute atomic E-state index is 0.383. The van der Waals surface area contributed by atoms with Gasteiger partial charge in [-0.05, 0) is 60.8 Å². The maximum Gasteiger partial charge on any atom is 0.490 e. The van der Waals surface area contributed by atoms with Crippen LogP contribution in [0.3, 0.4) is 0 Å². The lowest BCUT2D eigenvalue weighted by molar-refractivity contribution is -0.192. The third kappa shape index (κ3) is 9.75. The van der Waals surface area contributed by atoms with Crippen LogP contribution in [0.25, 0.3) is 10.4 Å². The molecule has 0 saturated carbocycles. The Kier molecular flexibility index (Phi) is 10.3. The highest BCUT2D eigenvalue weighted by Gasteiger charge is 2.38. The van der Waals surface area contributed by atoms with Crippen LogP contribution in [0.1, 0.15) is 29.9 Å². The molecular weight excluding hydrogens is 421 g/mol. The van der Waals surface area contributed by atoms with Gasteiger partial charge in [0.1, 0.15) is 12.4 Å². The molecule has 0 bridgehead atoms. The van der Waals surface area contributed by atoms with Crippen LogP contribution in [0.15, 0.2) is 36.4 Å². The molecular formula is C20H25F3N2O4S. The zero-order valence-electron chi connectivity index (χ0n) is 16.7. The summed E-state index contributed by atoms with van der Waals surface area (Å²) in [6, 6.07) is 11.6. The van der Waals surface area contributed by atoms with E-state index in [-0.39, 0.29) is 5.91 Å². The first-order valence-corrected chi connectivity index (χ1v) is 9.96. The average molecular weight is 446 g/mol. The summed E-state index contributed by atoms with van der Waals surface area (Å²) in [7, 11) is 0. The molecule has 166 valence electrons. The third-order valence-electron chi connectivity index (χ3n) is 3.68.